The molecule has 2 heterocycles. The van der Waals surface area contributed by atoms with Crippen molar-refractivity contribution in [1.82, 2.24) is 4.37 Å². The van der Waals surface area contributed by atoms with Crippen molar-refractivity contribution < 1.29 is 14.0 Å². The number of carbonyl (C=O) groups is 2. The van der Waals surface area contributed by atoms with Gasteiger partial charge in [0.05, 0.1) is 11.6 Å². The molecule has 0 aliphatic carbocycles. The van der Waals surface area contributed by atoms with Gasteiger partial charge in [-0.25, -0.2) is 4.39 Å². The van der Waals surface area contributed by atoms with Gasteiger partial charge >= 0.3 is 0 Å². The third-order valence-electron chi connectivity index (χ3n) is 3.51. The fourth-order valence-corrected chi connectivity index (χ4v) is 3.06. The Balaban J connectivity index is 1.68. The molecule has 22 heavy (non-hydrogen) atoms. The summed E-state index contributed by atoms with van der Waals surface area (Å²) in [7, 11) is 0. The van der Waals surface area contributed by atoms with Crippen molar-refractivity contribution in [3.05, 3.63) is 41.8 Å². The molecule has 7 heteroatoms. The number of hydrogen-bond donors (Lipinski definition) is 1. The molecule has 1 aliphatic rings. The molecular formula is C15H14FN3O2S. The predicted octanol–water partition coefficient (Wildman–Crippen LogP) is 2.58. The number of hydrogen-bond acceptors (Lipinski definition) is 4. The maximum absolute atomic E-state index is 12.9. The molecule has 2 amide bonds. The lowest BCUT2D eigenvalue weighted by atomic mass is 10.1. The summed E-state index contributed by atoms with van der Waals surface area (Å²) in [5.74, 6) is -1.10. The molecule has 1 aromatic carbocycles. The number of amides is 2. The standard InChI is InChI=1S/C15H14FN3O2S/c1-9-6-13(22-18-9)17-15(21)10-7-14(20)19(8-10)12-4-2-11(16)3-5-12/h2-6,10H,7-8H2,1H3,(H,17,21). The second-order valence-corrected chi connectivity index (χ2v) is 6.01. The Hall–Kier alpha value is -2.28. The molecule has 0 bridgehead atoms. The summed E-state index contributed by atoms with van der Waals surface area (Å²) in [4.78, 5) is 25.8. The number of nitrogens with zero attached hydrogens (tertiary/aromatic N) is 2. The zero-order valence-electron chi connectivity index (χ0n) is 11.9. The summed E-state index contributed by atoms with van der Waals surface area (Å²) < 4.78 is 17.0. The van der Waals surface area contributed by atoms with E-state index >= 15 is 0 Å². The first-order chi connectivity index (χ1) is 10.5. The van der Waals surface area contributed by atoms with E-state index in [0.717, 1.165) is 5.69 Å². The first kappa shape index (κ1) is 14.6. The van der Waals surface area contributed by atoms with Gasteiger partial charge in [0.2, 0.25) is 11.8 Å². The molecule has 2 aromatic rings. The van der Waals surface area contributed by atoms with Crippen LogP contribution in [0.3, 0.4) is 0 Å². The number of halogens is 1. The van der Waals surface area contributed by atoms with E-state index in [0.29, 0.717) is 17.2 Å². The van der Waals surface area contributed by atoms with Crippen LogP contribution < -0.4 is 10.2 Å². The van der Waals surface area contributed by atoms with Gasteiger partial charge in [-0.15, -0.1) is 0 Å². The van der Waals surface area contributed by atoms with Gasteiger partial charge in [-0.2, -0.15) is 4.37 Å². The Morgan fingerprint density at radius 1 is 1.41 bits per heavy atom. The van der Waals surface area contributed by atoms with Gasteiger partial charge < -0.3 is 10.2 Å². The van der Waals surface area contributed by atoms with Gasteiger partial charge in [-0.3, -0.25) is 9.59 Å². The normalized spacial score (nSPS) is 17.8. The van der Waals surface area contributed by atoms with Gasteiger partial charge in [0.1, 0.15) is 10.8 Å². The quantitative estimate of drug-likeness (QED) is 0.946. The summed E-state index contributed by atoms with van der Waals surface area (Å²) in [5.41, 5.74) is 1.45. The van der Waals surface area contributed by atoms with E-state index in [1.807, 2.05) is 6.92 Å². The van der Waals surface area contributed by atoms with Crippen molar-refractivity contribution in [3.8, 4) is 0 Å². The van der Waals surface area contributed by atoms with E-state index in [1.54, 1.807) is 18.2 Å². The summed E-state index contributed by atoms with van der Waals surface area (Å²) >= 11 is 1.21. The number of nitrogens with one attached hydrogen (secondary N) is 1. The van der Waals surface area contributed by atoms with E-state index in [-0.39, 0.29) is 24.1 Å². The van der Waals surface area contributed by atoms with Crippen molar-refractivity contribution in [2.45, 2.75) is 13.3 Å². The minimum Gasteiger partial charge on any atom is -0.316 e. The van der Waals surface area contributed by atoms with Gasteiger partial charge in [0, 0.05) is 18.7 Å². The highest BCUT2D eigenvalue weighted by atomic mass is 32.1. The summed E-state index contributed by atoms with van der Waals surface area (Å²) in [5, 5.41) is 3.46. The maximum atomic E-state index is 12.9. The number of carbonyl (C=O) groups excluding carboxylic acids is 2. The third kappa shape index (κ3) is 2.99. The van der Waals surface area contributed by atoms with E-state index in [1.165, 1.54) is 28.6 Å². The molecule has 1 N–H and O–H groups in total. The van der Waals surface area contributed by atoms with Crippen molar-refractivity contribution in [2.24, 2.45) is 5.92 Å². The molecule has 0 spiro atoms. The van der Waals surface area contributed by atoms with Gasteiger partial charge in [-0.05, 0) is 48.8 Å². The average molecular weight is 319 g/mol. The van der Waals surface area contributed by atoms with Crippen molar-refractivity contribution in [1.29, 1.82) is 0 Å². The Labute approximate surface area is 130 Å². The molecule has 114 valence electrons. The number of aromatic nitrogens is 1. The molecule has 3 rings (SSSR count). The highest BCUT2D eigenvalue weighted by molar-refractivity contribution is 7.10. The Morgan fingerprint density at radius 3 is 2.77 bits per heavy atom. The lowest BCUT2D eigenvalue weighted by molar-refractivity contribution is -0.122. The van der Waals surface area contributed by atoms with Crippen LogP contribution in [0.2, 0.25) is 0 Å². The Kier molecular flexibility index (Phi) is 3.89. The third-order valence-corrected chi connectivity index (χ3v) is 4.30. The summed E-state index contributed by atoms with van der Waals surface area (Å²) in [6, 6.07) is 7.48. The lowest BCUT2D eigenvalue weighted by Gasteiger charge is -2.16. The number of aryl methyl sites for hydroxylation is 1. The minimum atomic E-state index is -0.417. The largest absolute Gasteiger partial charge is 0.316 e. The molecule has 1 unspecified atom stereocenters. The molecule has 1 aliphatic heterocycles. The van der Waals surface area contributed by atoms with Crippen LogP contribution in [0.4, 0.5) is 15.1 Å². The zero-order chi connectivity index (χ0) is 15.7. The number of anilines is 2. The minimum absolute atomic E-state index is 0.132. The lowest BCUT2D eigenvalue weighted by Crippen LogP contribution is -2.27. The SMILES string of the molecule is Cc1cc(NC(=O)C2CC(=O)N(c3ccc(F)cc3)C2)sn1. The van der Waals surface area contributed by atoms with Crippen LogP contribution in [0.15, 0.2) is 30.3 Å². The van der Waals surface area contributed by atoms with E-state index in [2.05, 4.69) is 9.69 Å². The van der Waals surface area contributed by atoms with Crippen LogP contribution in [0.1, 0.15) is 12.1 Å². The highest BCUT2D eigenvalue weighted by Crippen LogP contribution is 2.26. The van der Waals surface area contributed by atoms with Crippen molar-refractivity contribution in [3.63, 3.8) is 0 Å². The maximum Gasteiger partial charge on any atom is 0.230 e. The zero-order valence-corrected chi connectivity index (χ0v) is 12.7. The number of rotatable bonds is 3. The smallest absolute Gasteiger partial charge is 0.230 e. The molecule has 0 saturated carbocycles. The summed E-state index contributed by atoms with van der Waals surface area (Å²) in [6.45, 7) is 2.15. The topological polar surface area (TPSA) is 62.3 Å². The van der Waals surface area contributed by atoms with Crippen molar-refractivity contribution >= 4 is 34.0 Å². The second-order valence-electron chi connectivity index (χ2n) is 5.20. The first-order valence-corrected chi connectivity index (χ1v) is 7.60. The van der Waals surface area contributed by atoms with E-state index < -0.39 is 5.92 Å². The predicted molar refractivity (Wildman–Crippen MR) is 82.3 cm³/mol. The van der Waals surface area contributed by atoms with Crippen LogP contribution in [-0.4, -0.2) is 22.7 Å². The number of benzene rings is 1. The molecule has 1 fully saturated rings. The molecule has 1 atom stereocenters. The Bertz CT molecular complexity index is 714. The molecule has 0 radical (unpaired) electrons. The molecular weight excluding hydrogens is 305 g/mol. The fraction of sp³-hybridized carbons (Fsp3) is 0.267. The fourth-order valence-electron chi connectivity index (χ4n) is 2.40. The highest BCUT2D eigenvalue weighted by Gasteiger charge is 2.35. The summed E-state index contributed by atoms with van der Waals surface area (Å²) in [6.07, 6.45) is 0.154. The molecule has 5 nitrogen and oxygen atoms in total. The van der Waals surface area contributed by atoms with E-state index in [4.69, 9.17) is 0 Å². The van der Waals surface area contributed by atoms with Crippen LogP contribution in [0.25, 0.3) is 0 Å². The van der Waals surface area contributed by atoms with Crippen LogP contribution >= 0.6 is 11.5 Å². The van der Waals surface area contributed by atoms with Gasteiger partial charge in [0.15, 0.2) is 0 Å². The second kappa shape index (κ2) is 5.84. The van der Waals surface area contributed by atoms with Crippen LogP contribution in [0.5, 0.6) is 0 Å². The van der Waals surface area contributed by atoms with Crippen molar-refractivity contribution in [2.75, 3.05) is 16.8 Å². The Morgan fingerprint density at radius 2 is 2.14 bits per heavy atom. The van der Waals surface area contributed by atoms with Gasteiger partial charge in [0.25, 0.3) is 0 Å². The van der Waals surface area contributed by atoms with Crippen LogP contribution in [-0.2, 0) is 9.59 Å². The average Bonchev–Trinajstić information content (AvgIpc) is 3.06. The van der Waals surface area contributed by atoms with Crippen LogP contribution in [0, 0.1) is 18.7 Å². The monoisotopic (exact) mass is 319 g/mol. The van der Waals surface area contributed by atoms with Gasteiger partial charge in [-0.1, -0.05) is 0 Å². The van der Waals surface area contributed by atoms with E-state index in [9.17, 15) is 14.0 Å². The first-order valence-electron chi connectivity index (χ1n) is 6.83. The molecule has 1 aromatic heterocycles. The molecule has 1 saturated heterocycles.